The van der Waals surface area contributed by atoms with Gasteiger partial charge in [0.2, 0.25) is 0 Å². The Morgan fingerprint density at radius 3 is 1.95 bits per heavy atom. The largest absolute Gasteiger partial charge is 0.846 e. The van der Waals surface area contributed by atoms with Gasteiger partial charge in [-0.25, -0.2) is 0 Å². The maximum absolute atomic E-state index is 13.0. The number of carbonyl (C=O) groups is 1. The molecule has 2 unspecified atom stereocenters. The smallest absolute Gasteiger partial charge is 0.174 e. The predicted molar refractivity (Wildman–Crippen MR) is 74.3 cm³/mol. The number of fused-ring (bicyclic) bond motifs is 5. The van der Waals surface area contributed by atoms with Crippen LogP contribution in [0.2, 0.25) is 0 Å². The van der Waals surface area contributed by atoms with E-state index in [1.54, 1.807) is 0 Å². The topological polar surface area (TPSA) is 40.1 Å². The van der Waals surface area contributed by atoms with Gasteiger partial charge in [0.25, 0.3) is 0 Å². The first kappa shape index (κ1) is 11.9. The Hall–Kier alpha value is -1.93. The highest BCUT2D eigenvalue weighted by molar-refractivity contribution is 6.12. The molecule has 0 spiro atoms. The molecular formula is C18H14O2-. The van der Waals surface area contributed by atoms with Gasteiger partial charge in [0.05, 0.1) is 5.41 Å². The summed E-state index contributed by atoms with van der Waals surface area (Å²) < 4.78 is 0. The van der Waals surface area contributed by atoms with Crippen molar-refractivity contribution in [3.63, 3.8) is 0 Å². The molecule has 0 bridgehead atoms. The second-order valence-corrected chi connectivity index (χ2v) is 6.00. The summed E-state index contributed by atoms with van der Waals surface area (Å²) >= 11 is 0. The predicted octanol–water partition coefficient (Wildman–Crippen LogP) is 2.35. The third kappa shape index (κ3) is 0.979. The summed E-state index contributed by atoms with van der Waals surface area (Å²) in [7, 11) is 0. The molecule has 0 amide bonds. The lowest BCUT2D eigenvalue weighted by molar-refractivity contribution is -0.357. The summed E-state index contributed by atoms with van der Waals surface area (Å²) in [6.45, 7) is 3.83. The summed E-state index contributed by atoms with van der Waals surface area (Å²) in [5.41, 5.74) is 1.58. The van der Waals surface area contributed by atoms with Gasteiger partial charge in [-0.2, -0.15) is 0 Å². The molecule has 0 heterocycles. The third-order valence-electron chi connectivity index (χ3n) is 5.33. The van der Waals surface area contributed by atoms with Crippen LogP contribution in [0, 0.1) is 6.10 Å². The molecule has 1 radical (unpaired) electrons. The number of Topliss-reactive ketones (excluding diaryl/α,β-unsaturated/α-hetero) is 1. The fourth-order valence-corrected chi connectivity index (χ4v) is 4.01. The molecule has 2 aromatic rings. The molecule has 2 atom stereocenters. The van der Waals surface area contributed by atoms with Crippen molar-refractivity contribution in [2.75, 3.05) is 0 Å². The number of rotatable bonds is 0. The Balaban J connectivity index is 2.13. The lowest BCUT2D eigenvalue weighted by Gasteiger charge is -2.42. The minimum Gasteiger partial charge on any atom is -0.846 e. The molecular weight excluding hydrogens is 248 g/mol. The molecule has 0 saturated heterocycles. The molecule has 99 valence electrons. The van der Waals surface area contributed by atoms with Gasteiger partial charge in [0.15, 0.2) is 5.78 Å². The van der Waals surface area contributed by atoms with E-state index in [4.69, 9.17) is 0 Å². The van der Waals surface area contributed by atoms with Gasteiger partial charge in [0.1, 0.15) is 0 Å². The zero-order chi connectivity index (χ0) is 14.1. The van der Waals surface area contributed by atoms with Gasteiger partial charge in [-0.05, 0) is 18.1 Å². The molecule has 0 N–H and O–H groups in total. The summed E-state index contributed by atoms with van der Waals surface area (Å²) in [4.78, 5) is 13.0. The van der Waals surface area contributed by atoms with Crippen LogP contribution in [0.15, 0.2) is 48.5 Å². The van der Waals surface area contributed by atoms with Crippen molar-refractivity contribution in [2.45, 2.75) is 24.7 Å². The second-order valence-electron chi connectivity index (χ2n) is 6.00. The number of carbonyl (C=O) groups excluding carboxylic acids is 1. The van der Waals surface area contributed by atoms with Gasteiger partial charge in [-0.15, -0.1) is 0 Å². The lowest BCUT2D eigenvalue weighted by Crippen LogP contribution is -2.47. The van der Waals surface area contributed by atoms with Crippen molar-refractivity contribution in [2.24, 2.45) is 0 Å². The Bertz CT molecular complexity index is 749. The number of hydrogen-bond acceptors (Lipinski definition) is 2. The highest BCUT2D eigenvalue weighted by Crippen LogP contribution is 2.62. The Kier molecular flexibility index (Phi) is 2.01. The van der Waals surface area contributed by atoms with Gasteiger partial charge in [-0.3, -0.25) is 4.79 Å². The molecule has 0 saturated carbocycles. The minimum atomic E-state index is -0.773. The van der Waals surface area contributed by atoms with Crippen LogP contribution < -0.4 is 5.11 Å². The number of benzene rings is 2. The van der Waals surface area contributed by atoms with Crippen molar-refractivity contribution >= 4 is 5.78 Å². The van der Waals surface area contributed by atoms with Crippen LogP contribution >= 0.6 is 0 Å². The van der Waals surface area contributed by atoms with Crippen LogP contribution in [-0.4, -0.2) is 5.78 Å². The molecule has 4 rings (SSSR count). The molecule has 2 aliphatic carbocycles. The molecule has 2 nitrogen and oxygen atoms in total. The minimum absolute atomic E-state index is 0.0638. The van der Waals surface area contributed by atoms with E-state index in [0.717, 1.165) is 11.1 Å². The van der Waals surface area contributed by atoms with Crippen molar-refractivity contribution in [1.82, 2.24) is 0 Å². The van der Waals surface area contributed by atoms with E-state index in [0.29, 0.717) is 11.1 Å². The second kappa shape index (κ2) is 3.39. The van der Waals surface area contributed by atoms with E-state index >= 15 is 0 Å². The van der Waals surface area contributed by atoms with Crippen LogP contribution in [0.3, 0.4) is 0 Å². The zero-order valence-corrected chi connectivity index (χ0v) is 11.4. The van der Waals surface area contributed by atoms with Crippen LogP contribution in [-0.2, 0) is 10.8 Å². The molecule has 0 aromatic heterocycles. The van der Waals surface area contributed by atoms with E-state index in [-0.39, 0.29) is 11.9 Å². The lowest BCUT2D eigenvalue weighted by atomic mass is 9.65. The maximum atomic E-state index is 13.0. The summed E-state index contributed by atoms with van der Waals surface area (Å²) in [5, 5.41) is 13.0. The van der Waals surface area contributed by atoms with Crippen molar-refractivity contribution in [1.29, 1.82) is 0 Å². The fraction of sp³-hybridized carbons (Fsp3) is 0.222. The van der Waals surface area contributed by atoms with Gasteiger partial charge in [0, 0.05) is 11.0 Å². The first-order valence-electron chi connectivity index (χ1n) is 6.81. The first-order valence-corrected chi connectivity index (χ1v) is 6.81. The van der Waals surface area contributed by atoms with Gasteiger partial charge in [-0.1, -0.05) is 67.1 Å². The molecule has 20 heavy (non-hydrogen) atoms. The van der Waals surface area contributed by atoms with Gasteiger partial charge < -0.3 is 5.11 Å². The highest BCUT2D eigenvalue weighted by Gasteiger charge is 2.63. The third-order valence-corrected chi connectivity index (χ3v) is 5.33. The van der Waals surface area contributed by atoms with Crippen molar-refractivity contribution < 1.29 is 9.90 Å². The average Bonchev–Trinajstić information content (AvgIpc) is 2.78. The summed E-state index contributed by atoms with van der Waals surface area (Å²) in [5.74, 6) is 0.0638. The highest BCUT2D eigenvalue weighted by atomic mass is 16.3. The summed E-state index contributed by atoms with van der Waals surface area (Å²) in [6, 6.07) is 15.0. The van der Waals surface area contributed by atoms with Crippen LogP contribution in [0.1, 0.15) is 40.9 Å². The SMILES string of the molecule is CC12[C]([O-])c3ccccc3C1(C)C(=O)c1ccccc12. The van der Waals surface area contributed by atoms with Crippen molar-refractivity contribution in [3.8, 4) is 0 Å². The quantitative estimate of drug-likeness (QED) is 0.731. The average molecular weight is 262 g/mol. The van der Waals surface area contributed by atoms with E-state index in [1.807, 2.05) is 62.4 Å². The molecule has 0 fully saturated rings. The summed E-state index contributed by atoms with van der Waals surface area (Å²) in [6.07, 6.45) is 0.0638. The standard InChI is InChI=1S/C18H14O2/c1-17-13-9-5-3-7-11(13)16(20)18(17,2)14-10-6-4-8-12(14)15(17)19/h3-10H,1-2H3/q-1. The monoisotopic (exact) mass is 262 g/mol. The zero-order valence-electron chi connectivity index (χ0n) is 11.4. The van der Waals surface area contributed by atoms with E-state index < -0.39 is 10.8 Å². The molecule has 2 aromatic carbocycles. The fourth-order valence-electron chi connectivity index (χ4n) is 4.01. The van der Waals surface area contributed by atoms with Gasteiger partial charge >= 0.3 is 0 Å². The first-order chi connectivity index (χ1) is 9.53. The van der Waals surface area contributed by atoms with E-state index in [1.165, 1.54) is 0 Å². The van der Waals surface area contributed by atoms with Crippen LogP contribution in [0.4, 0.5) is 0 Å². The normalized spacial score (nSPS) is 31.1. The van der Waals surface area contributed by atoms with E-state index in [2.05, 4.69) is 0 Å². The molecule has 0 aliphatic heterocycles. The van der Waals surface area contributed by atoms with Crippen LogP contribution in [0.25, 0.3) is 0 Å². The number of hydrogen-bond donors (Lipinski definition) is 0. The van der Waals surface area contributed by atoms with Crippen molar-refractivity contribution in [3.05, 3.63) is 76.9 Å². The Morgan fingerprint density at radius 2 is 1.30 bits per heavy atom. The Labute approximate surface area is 118 Å². The number of ketones is 1. The maximum Gasteiger partial charge on any atom is 0.174 e. The molecule has 2 heteroatoms. The van der Waals surface area contributed by atoms with Crippen LogP contribution in [0.5, 0.6) is 0 Å². The Morgan fingerprint density at radius 1 is 0.800 bits per heavy atom. The molecule has 2 aliphatic rings. The van der Waals surface area contributed by atoms with E-state index in [9.17, 15) is 9.90 Å².